The summed E-state index contributed by atoms with van der Waals surface area (Å²) in [5.41, 5.74) is 5.21. The molecule has 8 heteroatoms. The number of sulfonamides is 1. The van der Waals surface area contributed by atoms with Crippen LogP contribution in [0.25, 0.3) is 0 Å². The number of nitrogens with two attached hydrogens (primary N) is 1. The number of amides is 1. The molecule has 1 aliphatic heterocycles. The minimum atomic E-state index is -3.86. The minimum Gasteiger partial charge on any atom is -0.368 e. The molecule has 0 bridgehead atoms. The summed E-state index contributed by atoms with van der Waals surface area (Å²) in [5.74, 6) is -1.21. The molecular weight excluding hydrogens is 339 g/mol. The first-order chi connectivity index (χ1) is 8.84. The van der Waals surface area contributed by atoms with E-state index in [0.29, 0.717) is 12.8 Å². The zero-order chi connectivity index (χ0) is 14.2. The van der Waals surface area contributed by atoms with Crippen molar-refractivity contribution in [3.63, 3.8) is 0 Å². The molecule has 2 N–H and O–H groups in total. The van der Waals surface area contributed by atoms with Gasteiger partial charge in [0.15, 0.2) is 0 Å². The van der Waals surface area contributed by atoms with E-state index in [1.165, 1.54) is 6.07 Å². The molecule has 0 spiro atoms. The van der Waals surface area contributed by atoms with Gasteiger partial charge in [0.05, 0.1) is 4.90 Å². The van der Waals surface area contributed by atoms with Crippen LogP contribution in [0.1, 0.15) is 12.8 Å². The summed E-state index contributed by atoms with van der Waals surface area (Å²) in [7, 11) is -3.86. The van der Waals surface area contributed by atoms with Gasteiger partial charge in [-0.05, 0) is 47.0 Å². The number of carbonyl (C=O) groups excluding carboxylic acids is 1. The Morgan fingerprint density at radius 3 is 2.74 bits per heavy atom. The van der Waals surface area contributed by atoms with Gasteiger partial charge >= 0.3 is 0 Å². The molecular formula is C11H12BrFN2O3S. The fourth-order valence-electron chi connectivity index (χ4n) is 2.12. The van der Waals surface area contributed by atoms with E-state index in [9.17, 15) is 17.6 Å². The van der Waals surface area contributed by atoms with E-state index < -0.39 is 27.8 Å². The molecule has 0 aromatic heterocycles. The van der Waals surface area contributed by atoms with Crippen LogP contribution in [-0.2, 0) is 14.8 Å². The fourth-order valence-corrected chi connectivity index (χ4v) is 4.80. The number of halogens is 2. The first kappa shape index (κ1) is 14.4. The van der Waals surface area contributed by atoms with Gasteiger partial charge in [-0.25, -0.2) is 12.8 Å². The molecule has 0 saturated carbocycles. The highest BCUT2D eigenvalue weighted by Gasteiger charge is 2.39. The molecule has 2 rings (SSSR count). The van der Waals surface area contributed by atoms with E-state index in [1.807, 2.05) is 0 Å². The van der Waals surface area contributed by atoms with Crippen LogP contribution in [0.3, 0.4) is 0 Å². The molecule has 1 aromatic carbocycles. The summed E-state index contributed by atoms with van der Waals surface area (Å²) < 4.78 is 39.1. The summed E-state index contributed by atoms with van der Waals surface area (Å²) in [6, 6.07) is 2.47. The van der Waals surface area contributed by atoms with Crippen molar-refractivity contribution < 1.29 is 17.6 Å². The third-order valence-corrected chi connectivity index (χ3v) is 5.90. The maximum Gasteiger partial charge on any atom is 0.244 e. The number of hydrogen-bond acceptors (Lipinski definition) is 3. The first-order valence-electron chi connectivity index (χ1n) is 5.60. The Labute approximate surface area is 118 Å². The standard InChI is InChI=1S/C11H12BrFN2O3S/c12-8-6-7(13)3-4-10(8)19(17,18)15-5-1-2-9(15)11(14)16/h3-4,6,9H,1-2,5H2,(H2,14,16)/t9-/m1/s1. The summed E-state index contributed by atoms with van der Waals surface area (Å²) >= 11 is 3.02. The van der Waals surface area contributed by atoms with Gasteiger partial charge in [0, 0.05) is 11.0 Å². The summed E-state index contributed by atoms with van der Waals surface area (Å²) in [6.07, 6.45) is 0.985. The molecule has 1 aromatic rings. The molecule has 1 amide bonds. The second-order valence-electron chi connectivity index (χ2n) is 4.25. The quantitative estimate of drug-likeness (QED) is 0.889. The zero-order valence-corrected chi connectivity index (χ0v) is 12.2. The van der Waals surface area contributed by atoms with Gasteiger partial charge in [0.2, 0.25) is 15.9 Å². The predicted octanol–water partition coefficient (Wildman–Crippen LogP) is 1.23. The van der Waals surface area contributed by atoms with E-state index in [1.54, 1.807) is 0 Å². The number of carbonyl (C=O) groups is 1. The van der Waals surface area contributed by atoms with Crippen LogP contribution in [0, 0.1) is 5.82 Å². The van der Waals surface area contributed by atoms with E-state index in [2.05, 4.69) is 15.9 Å². The molecule has 5 nitrogen and oxygen atoms in total. The lowest BCUT2D eigenvalue weighted by Crippen LogP contribution is -2.43. The van der Waals surface area contributed by atoms with Gasteiger partial charge < -0.3 is 5.73 Å². The van der Waals surface area contributed by atoms with Crippen LogP contribution in [0.2, 0.25) is 0 Å². The van der Waals surface area contributed by atoms with Crippen molar-refractivity contribution in [2.24, 2.45) is 5.73 Å². The van der Waals surface area contributed by atoms with Crippen molar-refractivity contribution in [1.82, 2.24) is 4.31 Å². The summed E-state index contributed by atoms with van der Waals surface area (Å²) in [6.45, 7) is 0.236. The highest BCUT2D eigenvalue weighted by atomic mass is 79.9. The van der Waals surface area contributed by atoms with Crippen molar-refractivity contribution in [3.8, 4) is 0 Å². The number of rotatable bonds is 3. The Morgan fingerprint density at radius 1 is 1.47 bits per heavy atom. The molecule has 1 atom stereocenters. The third kappa shape index (κ3) is 2.65. The first-order valence-corrected chi connectivity index (χ1v) is 7.83. The Balaban J connectivity index is 2.45. The average molecular weight is 351 g/mol. The van der Waals surface area contributed by atoms with Crippen LogP contribution in [0.15, 0.2) is 27.6 Å². The molecule has 1 fully saturated rings. The van der Waals surface area contributed by atoms with Crippen LogP contribution in [-0.4, -0.2) is 31.2 Å². The van der Waals surface area contributed by atoms with Crippen LogP contribution in [0.4, 0.5) is 4.39 Å². The van der Waals surface area contributed by atoms with Crippen molar-refractivity contribution >= 4 is 31.9 Å². The van der Waals surface area contributed by atoms with Crippen molar-refractivity contribution in [2.75, 3.05) is 6.54 Å². The lowest BCUT2D eigenvalue weighted by Gasteiger charge is -2.22. The third-order valence-electron chi connectivity index (χ3n) is 3.01. The van der Waals surface area contributed by atoms with Gasteiger partial charge in [-0.2, -0.15) is 4.31 Å². The van der Waals surface area contributed by atoms with E-state index in [4.69, 9.17) is 5.73 Å². The maximum absolute atomic E-state index is 13.0. The largest absolute Gasteiger partial charge is 0.368 e. The van der Waals surface area contributed by atoms with E-state index in [-0.39, 0.29) is 15.9 Å². The van der Waals surface area contributed by atoms with E-state index in [0.717, 1.165) is 16.4 Å². The molecule has 1 aliphatic rings. The zero-order valence-electron chi connectivity index (χ0n) is 9.84. The highest BCUT2D eigenvalue weighted by Crippen LogP contribution is 2.30. The smallest absolute Gasteiger partial charge is 0.244 e. The van der Waals surface area contributed by atoms with Crippen LogP contribution in [0.5, 0.6) is 0 Å². The normalized spacial score (nSPS) is 20.6. The van der Waals surface area contributed by atoms with Crippen molar-refractivity contribution in [1.29, 1.82) is 0 Å². The molecule has 19 heavy (non-hydrogen) atoms. The average Bonchev–Trinajstić information content (AvgIpc) is 2.77. The van der Waals surface area contributed by atoms with Crippen molar-refractivity contribution in [2.45, 2.75) is 23.8 Å². The lowest BCUT2D eigenvalue weighted by atomic mass is 10.2. The highest BCUT2D eigenvalue weighted by molar-refractivity contribution is 9.10. The Bertz CT molecular complexity index is 620. The second kappa shape index (κ2) is 5.18. The molecule has 0 radical (unpaired) electrons. The molecule has 1 saturated heterocycles. The van der Waals surface area contributed by atoms with Gasteiger partial charge in [0.25, 0.3) is 0 Å². The Hall–Kier alpha value is -0.990. The number of benzene rings is 1. The Morgan fingerprint density at radius 2 is 2.16 bits per heavy atom. The topological polar surface area (TPSA) is 80.5 Å². The number of hydrogen-bond donors (Lipinski definition) is 1. The van der Waals surface area contributed by atoms with Crippen LogP contribution >= 0.6 is 15.9 Å². The number of primary amides is 1. The van der Waals surface area contributed by atoms with Crippen LogP contribution < -0.4 is 5.73 Å². The van der Waals surface area contributed by atoms with E-state index >= 15 is 0 Å². The fraction of sp³-hybridized carbons (Fsp3) is 0.364. The molecule has 0 aliphatic carbocycles. The number of nitrogens with zero attached hydrogens (tertiary/aromatic N) is 1. The summed E-state index contributed by atoms with van der Waals surface area (Å²) in [4.78, 5) is 11.2. The SMILES string of the molecule is NC(=O)[C@H]1CCCN1S(=O)(=O)c1ccc(F)cc1Br. The minimum absolute atomic E-state index is 0.0675. The lowest BCUT2D eigenvalue weighted by molar-refractivity contribution is -0.121. The van der Waals surface area contributed by atoms with Gasteiger partial charge in [-0.3, -0.25) is 4.79 Å². The maximum atomic E-state index is 13.0. The van der Waals surface area contributed by atoms with Crippen molar-refractivity contribution in [3.05, 3.63) is 28.5 Å². The molecule has 1 heterocycles. The molecule has 104 valence electrons. The Kier molecular flexibility index (Phi) is 3.93. The molecule has 0 unspecified atom stereocenters. The summed E-state index contributed by atoms with van der Waals surface area (Å²) in [5, 5.41) is 0. The monoisotopic (exact) mass is 350 g/mol. The van der Waals surface area contributed by atoms with Gasteiger partial charge in [0.1, 0.15) is 11.9 Å². The predicted molar refractivity (Wildman–Crippen MR) is 70.2 cm³/mol. The van der Waals surface area contributed by atoms with Gasteiger partial charge in [-0.1, -0.05) is 0 Å². The second-order valence-corrected chi connectivity index (χ2v) is 6.96. The van der Waals surface area contributed by atoms with Gasteiger partial charge in [-0.15, -0.1) is 0 Å².